The third-order valence-corrected chi connectivity index (χ3v) is 3.80. The van der Waals surface area contributed by atoms with E-state index in [0.717, 1.165) is 29.9 Å². The number of anilines is 2. The first-order valence-electron chi connectivity index (χ1n) is 7.69. The maximum Gasteiger partial charge on any atom is 0.158 e. The molecule has 1 unspecified atom stereocenters. The van der Waals surface area contributed by atoms with E-state index in [2.05, 4.69) is 34.4 Å². The minimum absolute atomic E-state index is 0.461. The van der Waals surface area contributed by atoms with Gasteiger partial charge in [0.25, 0.3) is 0 Å². The smallest absolute Gasteiger partial charge is 0.158 e. The molecular formula is C15H26N4O. The third kappa shape index (κ3) is 4.07. The molecule has 0 aliphatic heterocycles. The Labute approximate surface area is 121 Å². The minimum atomic E-state index is 0.461. The fourth-order valence-corrected chi connectivity index (χ4v) is 2.39. The van der Waals surface area contributed by atoms with Crippen molar-refractivity contribution in [1.29, 1.82) is 0 Å². The van der Waals surface area contributed by atoms with Gasteiger partial charge in [-0.15, -0.1) is 0 Å². The number of nitrogens with zero attached hydrogens (tertiary/aromatic N) is 2. The van der Waals surface area contributed by atoms with Crippen LogP contribution < -0.4 is 10.6 Å². The normalized spacial score (nSPS) is 16.6. The molecule has 112 valence electrons. The lowest BCUT2D eigenvalue weighted by Crippen LogP contribution is -2.31. The van der Waals surface area contributed by atoms with Gasteiger partial charge < -0.3 is 15.4 Å². The maximum absolute atomic E-state index is 5.41. The van der Waals surface area contributed by atoms with Crippen molar-refractivity contribution in [3.63, 3.8) is 0 Å². The monoisotopic (exact) mass is 278 g/mol. The van der Waals surface area contributed by atoms with Crippen LogP contribution in [0.5, 0.6) is 0 Å². The van der Waals surface area contributed by atoms with E-state index in [0.29, 0.717) is 19.3 Å². The van der Waals surface area contributed by atoms with E-state index >= 15 is 0 Å². The van der Waals surface area contributed by atoms with Crippen molar-refractivity contribution in [2.45, 2.75) is 52.7 Å². The first-order valence-corrected chi connectivity index (χ1v) is 7.69. The number of rotatable bonds is 8. The Morgan fingerprint density at radius 1 is 1.30 bits per heavy atom. The summed E-state index contributed by atoms with van der Waals surface area (Å²) in [6.07, 6.45) is 4.01. The fourth-order valence-electron chi connectivity index (χ4n) is 2.39. The number of hydrogen-bond donors (Lipinski definition) is 2. The first-order chi connectivity index (χ1) is 9.72. The van der Waals surface area contributed by atoms with Gasteiger partial charge in [-0.1, -0.05) is 6.42 Å². The first kappa shape index (κ1) is 15.0. The predicted octanol–water partition coefficient (Wildman–Crippen LogP) is 3.05. The molecule has 2 rings (SSSR count). The lowest BCUT2D eigenvalue weighted by molar-refractivity contribution is 0.128. The van der Waals surface area contributed by atoms with Crippen LogP contribution in [0.25, 0.3) is 0 Å². The minimum Gasteiger partial charge on any atom is -0.374 e. The van der Waals surface area contributed by atoms with Gasteiger partial charge in [-0.2, -0.15) is 0 Å². The summed E-state index contributed by atoms with van der Waals surface area (Å²) in [5.41, 5.74) is 0. The van der Waals surface area contributed by atoms with Crippen LogP contribution in [-0.2, 0) is 11.3 Å². The van der Waals surface area contributed by atoms with Crippen molar-refractivity contribution in [3.05, 3.63) is 11.9 Å². The second kappa shape index (κ2) is 7.43. The summed E-state index contributed by atoms with van der Waals surface area (Å²) in [4.78, 5) is 9.01. The highest BCUT2D eigenvalue weighted by atomic mass is 16.5. The highest BCUT2D eigenvalue weighted by molar-refractivity contribution is 5.48. The van der Waals surface area contributed by atoms with Gasteiger partial charge in [0.15, 0.2) is 5.82 Å². The van der Waals surface area contributed by atoms with Crippen LogP contribution in [0.3, 0.4) is 0 Å². The summed E-state index contributed by atoms with van der Waals surface area (Å²) in [6, 6.07) is 2.45. The zero-order valence-electron chi connectivity index (χ0n) is 12.8. The Hall–Kier alpha value is -1.36. The molecule has 1 heterocycles. The van der Waals surface area contributed by atoms with Gasteiger partial charge in [-0.25, -0.2) is 9.97 Å². The fraction of sp³-hybridized carbons (Fsp3) is 0.733. The molecule has 1 aromatic heterocycles. The Morgan fingerprint density at radius 3 is 2.65 bits per heavy atom. The van der Waals surface area contributed by atoms with E-state index in [1.807, 2.05) is 13.0 Å². The second-order valence-corrected chi connectivity index (χ2v) is 5.35. The SMILES string of the molecule is CCNc1cc(NC(C)C2CCC2)nc(COCC)n1. The van der Waals surface area contributed by atoms with E-state index in [-0.39, 0.29) is 0 Å². The highest BCUT2D eigenvalue weighted by Crippen LogP contribution is 2.30. The quantitative estimate of drug-likeness (QED) is 0.765. The summed E-state index contributed by atoms with van der Waals surface area (Å²) < 4.78 is 5.41. The zero-order valence-corrected chi connectivity index (χ0v) is 12.8. The molecule has 5 heteroatoms. The van der Waals surface area contributed by atoms with Crippen LogP contribution in [0.1, 0.15) is 45.9 Å². The van der Waals surface area contributed by atoms with Gasteiger partial charge in [0.2, 0.25) is 0 Å². The molecule has 0 saturated heterocycles. The molecular weight excluding hydrogens is 252 g/mol. The molecule has 20 heavy (non-hydrogen) atoms. The van der Waals surface area contributed by atoms with Gasteiger partial charge in [0.1, 0.15) is 18.2 Å². The van der Waals surface area contributed by atoms with Crippen LogP contribution in [0, 0.1) is 5.92 Å². The van der Waals surface area contributed by atoms with Gasteiger partial charge in [0, 0.05) is 25.3 Å². The topological polar surface area (TPSA) is 59.1 Å². The molecule has 1 aliphatic rings. The Bertz CT molecular complexity index is 420. The van der Waals surface area contributed by atoms with Crippen molar-refractivity contribution in [2.24, 2.45) is 5.92 Å². The highest BCUT2D eigenvalue weighted by Gasteiger charge is 2.24. The van der Waals surface area contributed by atoms with Crippen LogP contribution >= 0.6 is 0 Å². The summed E-state index contributed by atoms with van der Waals surface area (Å²) in [5, 5.41) is 6.76. The molecule has 1 aliphatic carbocycles. The standard InChI is InChI=1S/C15H26N4O/c1-4-16-13-9-14(17-11(3)12-7-6-8-12)19-15(18-13)10-20-5-2/h9,11-12H,4-8,10H2,1-3H3,(H2,16,17,18,19). The average Bonchev–Trinajstić information content (AvgIpc) is 2.34. The van der Waals surface area contributed by atoms with Gasteiger partial charge >= 0.3 is 0 Å². The second-order valence-electron chi connectivity index (χ2n) is 5.35. The van der Waals surface area contributed by atoms with E-state index in [9.17, 15) is 0 Å². The lowest BCUT2D eigenvalue weighted by atomic mass is 9.80. The molecule has 0 amide bonds. The molecule has 0 aromatic carbocycles. The van der Waals surface area contributed by atoms with Crippen LogP contribution in [0.2, 0.25) is 0 Å². The molecule has 0 spiro atoms. The number of nitrogens with one attached hydrogen (secondary N) is 2. The summed E-state index contributed by atoms with van der Waals surface area (Å²) in [6.45, 7) is 8.27. The van der Waals surface area contributed by atoms with Gasteiger partial charge in [-0.3, -0.25) is 0 Å². The van der Waals surface area contributed by atoms with Gasteiger partial charge in [-0.05, 0) is 39.5 Å². The summed E-state index contributed by atoms with van der Waals surface area (Å²) in [7, 11) is 0. The molecule has 1 fully saturated rings. The Kier molecular flexibility index (Phi) is 5.59. The maximum atomic E-state index is 5.41. The van der Waals surface area contributed by atoms with Crippen molar-refractivity contribution in [2.75, 3.05) is 23.8 Å². The lowest BCUT2D eigenvalue weighted by Gasteiger charge is -2.32. The van der Waals surface area contributed by atoms with Gasteiger partial charge in [0.05, 0.1) is 0 Å². The van der Waals surface area contributed by atoms with Crippen LogP contribution in [0.4, 0.5) is 11.6 Å². The third-order valence-electron chi connectivity index (χ3n) is 3.80. The Balaban J connectivity index is 2.06. The van der Waals surface area contributed by atoms with E-state index in [4.69, 9.17) is 4.74 Å². The summed E-state index contributed by atoms with van der Waals surface area (Å²) >= 11 is 0. The Morgan fingerprint density at radius 2 is 2.05 bits per heavy atom. The molecule has 1 aromatic rings. The average molecular weight is 278 g/mol. The van der Waals surface area contributed by atoms with Crippen molar-refractivity contribution >= 4 is 11.6 Å². The van der Waals surface area contributed by atoms with Crippen LogP contribution in [-0.4, -0.2) is 29.2 Å². The van der Waals surface area contributed by atoms with Crippen molar-refractivity contribution in [3.8, 4) is 0 Å². The molecule has 1 atom stereocenters. The molecule has 0 bridgehead atoms. The molecule has 0 radical (unpaired) electrons. The number of ether oxygens (including phenoxy) is 1. The van der Waals surface area contributed by atoms with E-state index in [1.165, 1.54) is 19.3 Å². The van der Waals surface area contributed by atoms with Crippen molar-refractivity contribution < 1.29 is 4.74 Å². The number of aromatic nitrogens is 2. The number of hydrogen-bond acceptors (Lipinski definition) is 5. The zero-order chi connectivity index (χ0) is 14.4. The molecule has 2 N–H and O–H groups in total. The summed E-state index contributed by atoms with van der Waals surface area (Å²) in [5.74, 6) is 3.27. The largest absolute Gasteiger partial charge is 0.374 e. The van der Waals surface area contributed by atoms with Crippen LogP contribution in [0.15, 0.2) is 6.07 Å². The van der Waals surface area contributed by atoms with E-state index < -0.39 is 0 Å². The molecule has 5 nitrogen and oxygen atoms in total. The predicted molar refractivity (Wildman–Crippen MR) is 82.0 cm³/mol. The van der Waals surface area contributed by atoms with Crippen molar-refractivity contribution in [1.82, 2.24) is 9.97 Å². The molecule has 1 saturated carbocycles. The van der Waals surface area contributed by atoms with E-state index in [1.54, 1.807) is 0 Å².